The summed E-state index contributed by atoms with van der Waals surface area (Å²) in [5, 5.41) is 0. The van der Waals surface area contributed by atoms with E-state index in [0.29, 0.717) is 31.1 Å². The predicted octanol–water partition coefficient (Wildman–Crippen LogP) is 5.58. The summed E-state index contributed by atoms with van der Waals surface area (Å²) in [6.07, 6.45) is 7.61. The van der Waals surface area contributed by atoms with Crippen molar-refractivity contribution < 1.29 is 18.3 Å². The van der Waals surface area contributed by atoms with E-state index < -0.39 is 11.6 Å². The lowest BCUT2D eigenvalue weighted by Crippen LogP contribution is -2.21. The summed E-state index contributed by atoms with van der Waals surface area (Å²) < 4.78 is 39.6. The summed E-state index contributed by atoms with van der Waals surface area (Å²) in [5.74, 6) is -0.257. The van der Waals surface area contributed by atoms with Crippen molar-refractivity contribution in [3.05, 3.63) is 28.8 Å². The average molecular weight is 338 g/mol. The SMILES string of the molecule is CCCC1CCC(COc2c(CC)cc(C3CO3)c(F)c2F)CC1. The van der Waals surface area contributed by atoms with Crippen molar-refractivity contribution in [3.63, 3.8) is 0 Å². The summed E-state index contributed by atoms with van der Waals surface area (Å²) in [6.45, 7) is 5.13. The molecule has 1 aromatic rings. The zero-order chi connectivity index (χ0) is 17.1. The second-order valence-electron chi connectivity index (χ2n) is 7.24. The molecule has 0 aromatic heterocycles. The van der Waals surface area contributed by atoms with Crippen LogP contribution in [0, 0.1) is 23.5 Å². The fourth-order valence-corrected chi connectivity index (χ4v) is 3.86. The molecule has 1 heterocycles. The predicted molar refractivity (Wildman–Crippen MR) is 90.3 cm³/mol. The van der Waals surface area contributed by atoms with Gasteiger partial charge in [0, 0.05) is 5.56 Å². The van der Waals surface area contributed by atoms with Crippen molar-refractivity contribution in [1.82, 2.24) is 0 Å². The normalized spacial score (nSPS) is 26.4. The lowest BCUT2D eigenvalue weighted by Gasteiger charge is -2.28. The van der Waals surface area contributed by atoms with E-state index in [9.17, 15) is 8.78 Å². The highest BCUT2D eigenvalue weighted by molar-refractivity contribution is 5.41. The first kappa shape index (κ1) is 17.7. The van der Waals surface area contributed by atoms with Gasteiger partial charge in [-0.2, -0.15) is 4.39 Å². The first-order chi connectivity index (χ1) is 11.6. The summed E-state index contributed by atoms with van der Waals surface area (Å²) >= 11 is 0. The molecule has 1 saturated carbocycles. The second kappa shape index (κ2) is 7.81. The molecule has 1 aliphatic carbocycles. The zero-order valence-corrected chi connectivity index (χ0v) is 14.7. The van der Waals surface area contributed by atoms with Crippen molar-refractivity contribution >= 4 is 0 Å². The first-order valence-electron chi connectivity index (χ1n) is 9.39. The molecule has 134 valence electrons. The molecule has 1 saturated heterocycles. The lowest BCUT2D eigenvalue weighted by atomic mass is 9.80. The molecule has 4 heteroatoms. The molecule has 0 amide bonds. The van der Waals surface area contributed by atoms with E-state index in [-0.39, 0.29) is 11.9 Å². The van der Waals surface area contributed by atoms with Gasteiger partial charge >= 0.3 is 0 Å². The molecule has 2 fully saturated rings. The van der Waals surface area contributed by atoms with Crippen molar-refractivity contribution in [3.8, 4) is 5.75 Å². The van der Waals surface area contributed by atoms with Crippen molar-refractivity contribution in [1.29, 1.82) is 0 Å². The molecule has 2 nitrogen and oxygen atoms in total. The number of hydrogen-bond donors (Lipinski definition) is 0. The Morgan fingerprint density at radius 2 is 1.75 bits per heavy atom. The number of benzene rings is 1. The van der Waals surface area contributed by atoms with Crippen molar-refractivity contribution in [2.75, 3.05) is 13.2 Å². The third kappa shape index (κ3) is 3.90. The van der Waals surface area contributed by atoms with E-state index in [1.165, 1.54) is 25.7 Å². The molecule has 1 aliphatic heterocycles. The van der Waals surface area contributed by atoms with Gasteiger partial charge in [-0.25, -0.2) is 4.39 Å². The van der Waals surface area contributed by atoms with Crippen LogP contribution >= 0.6 is 0 Å². The van der Waals surface area contributed by atoms with Crippen molar-refractivity contribution in [2.45, 2.75) is 64.9 Å². The van der Waals surface area contributed by atoms with E-state index in [0.717, 1.165) is 24.3 Å². The Balaban J connectivity index is 1.64. The first-order valence-corrected chi connectivity index (χ1v) is 9.39. The van der Waals surface area contributed by atoms with Crippen LogP contribution in [0.25, 0.3) is 0 Å². The molecular weight excluding hydrogens is 310 g/mol. The molecule has 1 unspecified atom stereocenters. The van der Waals surface area contributed by atoms with Crippen LogP contribution in [-0.2, 0) is 11.2 Å². The maximum absolute atomic E-state index is 14.5. The van der Waals surface area contributed by atoms with Crippen LogP contribution in [0.4, 0.5) is 8.78 Å². The molecular formula is C20H28F2O2. The minimum Gasteiger partial charge on any atom is -0.490 e. The zero-order valence-electron chi connectivity index (χ0n) is 14.7. The fraction of sp³-hybridized carbons (Fsp3) is 0.700. The third-order valence-corrected chi connectivity index (χ3v) is 5.45. The summed E-state index contributed by atoms with van der Waals surface area (Å²) in [6, 6.07) is 1.71. The molecule has 24 heavy (non-hydrogen) atoms. The van der Waals surface area contributed by atoms with Crippen LogP contribution < -0.4 is 4.74 Å². The quantitative estimate of drug-likeness (QED) is 0.605. The summed E-state index contributed by atoms with van der Waals surface area (Å²) in [7, 11) is 0. The topological polar surface area (TPSA) is 21.8 Å². The maximum Gasteiger partial charge on any atom is 0.201 e. The number of epoxide rings is 1. The number of rotatable bonds is 7. The lowest BCUT2D eigenvalue weighted by molar-refractivity contribution is 0.172. The summed E-state index contributed by atoms with van der Waals surface area (Å²) in [4.78, 5) is 0. The highest BCUT2D eigenvalue weighted by Crippen LogP contribution is 2.38. The van der Waals surface area contributed by atoms with Crippen LogP contribution in [0.2, 0.25) is 0 Å². The fourth-order valence-electron chi connectivity index (χ4n) is 3.86. The van der Waals surface area contributed by atoms with E-state index in [4.69, 9.17) is 9.47 Å². The third-order valence-electron chi connectivity index (χ3n) is 5.45. The van der Waals surface area contributed by atoms with Crippen LogP contribution in [0.15, 0.2) is 6.07 Å². The Morgan fingerprint density at radius 1 is 1.08 bits per heavy atom. The van der Waals surface area contributed by atoms with Gasteiger partial charge in [-0.05, 0) is 42.7 Å². The minimum atomic E-state index is -0.848. The number of ether oxygens (including phenoxy) is 2. The molecule has 1 atom stereocenters. The van der Waals surface area contributed by atoms with Crippen LogP contribution in [0.1, 0.15) is 69.6 Å². The van der Waals surface area contributed by atoms with Crippen LogP contribution in [0.5, 0.6) is 5.75 Å². The van der Waals surface area contributed by atoms with Gasteiger partial charge in [0.25, 0.3) is 0 Å². The Bertz CT molecular complexity index is 561. The molecule has 0 radical (unpaired) electrons. The Hall–Kier alpha value is -1.16. The van der Waals surface area contributed by atoms with Gasteiger partial charge in [-0.1, -0.05) is 39.5 Å². The number of hydrogen-bond acceptors (Lipinski definition) is 2. The van der Waals surface area contributed by atoms with Crippen LogP contribution in [0.3, 0.4) is 0 Å². The number of aryl methyl sites for hydroxylation is 1. The largest absolute Gasteiger partial charge is 0.490 e. The minimum absolute atomic E-state index is 0.107. The Labute approximate surface area is 143 Å². The van der Waals surface area contributed by atoms with Gasteiger partial charge in [0.2, 0.25) is 5.82 Å². The van der Waals surface area contributed by atoms with E-state index in [2.05, 4.69) is 6.92 Å². The van der Waals surface area contributed by atoms with E-state index in [1.54, 1.807) is 6.07 Å². The van der Waals surface area contributed by atoms with Gasteiger partial charge in [0.05, 0.1) is 13.2 Å². The highest BCUT2D eigenvalue weighted by Gasteiger charge is 2.32. The average Bonchev–Trinajstić information content (AvgIpc) is 3.42. The molecule has 0 N–H and O–H groups in total. The van der Waals surface area contributed by atoms with Gasteiger partial charge in [0.15, 0.2) is 11.6 Å². The highest BCUT2D eigenvalue weighted by atomic mass is 19.2. The Kier molecular flexibility index (Phi) is 5.75. The Morgan fingerprint density at radius 3 is 2.33 bits per heavy atom. The van der Waals surface area contributed by atoms with E-state index >= 15 is 0 Å². The van der Waals surface area contributed by atoms with Crippen molar-refractivity contribution in [2.24, 2.45) is 11.8 Å². The monoisotopic (exact) mass is 338 g/mol. The maximum atomic E-state index is 14.5. The molecule has 1 aromatic carbocycles. The standard InChI is InChI=1S/C20H28F2O2/c1-3-5-13-6-8-14(9-7-13)11-24-20-15(4-2)10-16(17-12-23-17)18(21)19(20)22/h10,13-14,17H,3-9,11-12H2,1-2H3. The van der Waals surface area contributed by atoms with Crippen LogP contribution in [-0.4, -0.2) is 13.2 Å². The molecule has 0 bridgehead atoms. The molecule has 3 rings (SSSR count). The summed E-state index contributed by atoms with van der Waals surface area (Å²) in [5.41, 5.74) is 1.07. The second-order valence-corrected chi connectivity index (χ2v) is 7.24. The van der Waals surface area contributed by atoms with E-state index in [1.807, 2.05) is 6.92 Å². The van der Waals surface area contributed by atoms with Gasteiger partial charge in [-0.15, -0.1) is 0 Å². The number of halogens is 2. The van der Waals surface area contributed by atoms with Gasteiger partial charge in [0.1, 0.15) is 6.10 Å². The molecule has 0 spiro atoms. The smallest absolute Gasteiger partial charge is 0.201 e. The van der Waals surface area contributed by atoms with Gasteiger partial charge in [-0.3, -0.25) is 0 Å². The van der Waals surface area contributed by atoms with Gasteiger partial charge < -0.3 is 9.47 Å². The molecule has 2 aliphatic rings.